The molecule has 0 saturated carbocycles. The molecule has 2 aliphatic rings. The summed E-state index contributed by atoms with van der Waals surface area (Å²) >= 11 is 0. The minimum Gasteiger partial charge on any atom is -0.368 e. The second-order valence-corrected chi connectivity index (χ2v) is 5.37. The average Bonchev–Trinajstić information content (AvgIpc) is 3.14. The number of ether oxygens (including phenoxy) is 1. The van der Waals surface area contributed by atoms with Crippen molar-refractivity contribution in [1.29, 1.82) is 0 Å². The number of fused-ring (bicyclic) bond motifs is 1. The SMILES string of the molecule is C#CCOC1Cc2ccccc2C1.NC(=O)C1CCCN1. The highest BCUT2D eigenvalue weighted by Crippen LogP contribution is 2.23. The van der Waals surface area contributed by atoms with Crippen LogP contribution in [0, 0.1) is 12.3 Å². The van der Waals surface area contributed by atoms with Crippen LogP contribution in [0.15, 0.2) is 24.3 Å². The Morgan fingerprint density at radius 3 is 2.48 bits per heavy atom. The molecule has 1 heterocycles. The van der Waals surface area contributed by atoms with Crippen LogP contribution in [-0.2, 0) is 22.4 Å². The lowest BCUT2D eigenvalue weighted by Crippen LogP contribution is -2.36. The lowest BCUT2D eigenvalue weighted by molar-refractivity contribution is -0.119. The molecule has 1 aromatic carbocycles. The first-order valence-corrected chi connectivity index (χ1v) is 7.35. The van der Waals surface area contributed by atoms with Gasteiger partial charge < -0.3 is 15.8 Å². The fourth-order valence-electron chi connectivity index (χ4n) is 2.73. The molecule has 1 unspecified atom stereocenters. The number of hydrogen-bond acceptors (Lipinski definition) is 3. The van der Waals surface area contributed by atoms with Crippen LogP contribution in [0.1, 0.15) is 24.0 Å². The number of terminal acetylenes is 1. The Hall–Kier alpha value is -1.83. The molecule has 4 heteroatoms. The summed E-state index contributed by atoms with van der Waals surface area (Å²) in [6.45, 7) is 1.37. The van der Waals surface area contributed by atoms with E-state index in [2.05, 4.69) is 35.5 Å². The number of rotatable bonds is 3. The summed E-state index contributed by atoms with van der Waals surface area (Å²) in [6.07, 6.45) is 9.45. The summed E-state index contributed by atoms with van der Waals surface area (Å²) in [6, 6.07) is 8.42. The second kappa shape index (κ2) is 7.82. The van der Waals surface area contributed by atoms with Crippen LogP contribution in [0.4, 0.5) is 0 Å². The number of nitrogens with two attached hydrogens (primary N) is 1. The van der Waals surface area contributed by atoms with E-state index in [9.17, 15) is 4.79 Å². The van der Waals surface area contributed by atoms with E-state index in [4.69, 9.17) is 16.9 Å². The van der Waals surface area contributed by atoms with Crippen molar-refractivity contribution in [1.82, 2.24) is 5.32 Å². The van der Waals surface area contributed by atoms with Gasteiger partial charge >= 0.3 is 0 Å². The number of primary amides is 1. The van der Waals surface area contributed by atoms with Gasteiger partial charge in [0.05, 0.1) is 12.1 Å². The minimum atomic E-state index is -0.220. The van der Waals surface area contributed by atoms with Crippen LogP contribution in [0.5, 0.6) is 0 Å². The van der Waals surface area contributed by atoms with Crippen LogP contribution in [0.2, 0.25) is 0 Å². The molecule has 1 aromatic rings. The van der Waals surface area contributed by atoms with Crippen LogP contribution in [0.25, 0.3) is 0 Å². The molecule has 1 atom stereocenters. The Bertz CT molecular complexity index is 491. The first-order valence-electron chi connectivity index (χ1n) is 7.35. The van der Waals surface area contributed by atoms with Crippen molar-refractivity contribution in [3.8, 4) is 12.3 Å². The van der Waals surface area contributed by atoms with Gasteiger partial charge in [-0.2, -0.15) is 0 Å². The third-order valence-electron chi connectivity index (χ3n) is 3.82. The lowest BCUT2D eigenvalue weighted by atomic mass is 10.1. The van der Waals surface area contributed by atoms with Gasteiger partial charge in [-0.1, -0.05) is 30.2 Å². The number of hydrogen-bond donors (Lipinski definition) is 2. The standard InChI is InChI=1S/C12H12O.C5H10N2O/c1-2-7-13-12-8-10-5-3-4-6-11(10)9-12;6-5(8)4-2-1-3-7-4/h1,3-6,12H,7-9H2;4,7H,1-3H2,(H2,6,8). The second-order valence-electron chi connectivity index (χ2n) is 5.37. The molecular weight excluding hydrogens is 264 g/mol. The molecule has 0 spiro atoms. The topological polar surface area (TPSA) is 64.3 Å². The zero-order valence-electron chi connectivity index (χ0n) is 12.2. The van der Waals surface area contributed by atoms with Gasteiger partial charge in [0, 0.05) is 0 Å². The normalized spacial score (nSPS) is 20.2. The molecule has 0 bridgehead atoms. The van der Waals surface area contributed by atoms with Crippen LogP contribution < -0.4 is 11.1 Å². The van der Waals surface area contributed by atoms with Crippen LogP contribution in [0.3, 0.4) is 0 Å². The molecule has 3 N–H and O–H groups in total. The molecule has 112 valence electrons. The monoisotopic (exact) mass is 286 g/mol. The van der Waals surface area contributed by atoms with E-state index in [1.807, 2.05) is 0 Å². The molecule has 0 aromatic heterocycles. The van der Waals surface area contributed by atoms with Crippen molar-refractivity contribution in [3.63, 3.8) is 0 Å². The van der Waals surface area contributed by atoms with E-state index in [0.29, 0.717) is 12.7 Å². The van der Waals surface area contributed by atoms with Crippen molar-refractivity contribution < 1.29 is 9.53 Å². The maximum atomic E-state index is 10.4. The average molecular weight is 286 g/mol. The maximum absolute atomic E-state index is 10.4. The van der Waals surface area contributed by atoms with E-state index < -0.39 is 0 Å². The number of carbonyl (C=O) groups excluding carboxylic acids is 1. The Labute approximate surface area is 126 Å². The fraction of sp³-hybridized carbons (Fsp3) is 0.471. The van der Waals surface area contributed by atoms with Gasteiger partial charge in [-0.05, 0) is 43.4 Å². The van der Waals surface area contributed by atoms with E-state index in [1.54, 1.807) is 0 Å². The maximum Gasteiger partial charge on any atom is 0.234 e. The Kier molecular flexibility index (Phi) is 5.79. The van der Waals surface area contributed by atoms with E-state index in [0.717, 1.165) is 32.2 Å². The van der Waals surface area contributed by atoms with Crippen LogP contribution in [-0.4, -0.2) is 31.2 Å². The van der Waals surface area contributed by atoms with Gasteiger partial charge in [0.15, 0.2) is 0 Å². The highest BCUT2D eigenvalue weighted by atomic mass is 16.5. The smallest absolute Gasteiger partial charge is 0.234 e. The number of nitrogens with one attached hydrogen (secondary N) is 1. The summed E-state index contributed by atoms with van der Waals surface area (Å²) in [7, 11) is 0. The van der Waals surface area contributed by atoms with Crippen molar-refractivity contribution in [3.05, 3.63) is 35.4 Å². The van der Waals surface area contributed by atoms with Crippen molar-refractivity contribution >= 4 is 5.91 Å². The number of amides is 1. The third-order valence-corrected chi connectivity index (χ3v) is 3.82. The third kappa shape index (κ3) is 4.59. The van der Waals surface area contributed by atoms with Crippen molar-refractivity contribution in [2.24, 2.45) is 5.73 Å². The molecule has 1 aliphatic carbocycles. The molecule has 21 heavy (non-hydrogen) atoms. The van der Waals surface area contributed by atoms with Crippen molar-refractivity contribution in [2.75, 3.05) is 13.2 Å². The highest BCUT2D eigenvalue weighted by molar-refractivity contribution is 5.80. The molecule has 1 amide bonds. The van der Waals surface area contributed by atoms with Gasteiger partial charge in [0.1, 0.15) is 6.61 Å². The van der Waals surface area contributed by atoms with E-state index in [-0.39, 0.29) is 11.9 Å². The zero-order chi connectivity index (χ0) is 15.1. The molecule has 0 radical (unpaired) electrons. The molecule has 3 rings (SSSR count). The largest absolute Gasteiger partial charge is 0.368 e. The van der Waals surface area contributed by atoms with Crippen molar-refractivity contribution in [2.45, 2.75) is 37.8 Å². The summed E-state index contributed by atoms with van der Waals surface area (Å²) in [5.41, 5.74) is 7.81. The molecule has 1 saturated heterocycles. The molecule has 4 nitrogen and oxygen atoms in total. The quantitative estimate of drug-likeness (QED) is 0.816. The van der Waals surface area contributed by atoms with Gasteiger partial charge in [0.2, 0.25) is 5.91 Å². The Morgan fingerprint density at radius 2 is 2.05 bits per heavy atom. The first kappa shape index (κ1) is 15.6. The van der Waals surface area contributed by atoms with E-state index in [1.165, 1.54) is 11.1 Å². The highest BCUT2D eigenvalue weighted by Gasteiger charge is 2.20. The first-order chi connectivity index (χ1) is 10.2. The predicted molar refractivity (Wildman–Crippen MR) is 82.6 cm³/mol. The molecule has 1 fully saturated rings. The summed E-state index contributed by atoms with van der Waals surface area (Å²) in [5, 5.41) is 2.98. The predicted octanol–water partition coefficient (Wildman–Crippen LogP) is 1.03. The summed E-state index contributed by atoms with van der Waals surface area (Å²) < 4.78 is 5.50. The van der Waals surface area contributed by atoms with Crippen LogP contribution >= 0.6 is 0 Å². The minimum absolute atomic E-state index is 0.0463. The van der Waals surface area contributed by atoms with Gasteiger partial charge in [-0.15, -0.1) is 6.42 Å². The number of carbonyl (C=O) groups is 1. The summed E-state index contributed by atoms with van der Waals surface area (Å²) in [5.74, 6) is 2.28. The summed E-state index contributed by atoms with van der Waals surface area (Å²) in [4.78, 5) is 10.4. The molecule has 1 aliphatic heterocycles. The fourth-order valence-corrected chi connectivity index (χ4v) is 2.73. The zero-order valence-corrected chi connectivity index (χ0v) is 12.2. The van der Waals surface area contributed by atoms with Gasteiger partial charge in [-0.25, -0.2) is 0 Å². The number of benzene rings is 1. The van der Waals surface area contributed by atoms with Gasteiger partial charge in [-0.3, -0.25) is 4.79 Å². The lowest BCUT2D eigenvalue weighted by Gasteiger charge is -2.06. The molecular formula is C17H22N2O2. The Balaban J connectivity index is 0.000000173. The Morgan fingerprint density at radius 1 is 1.38 bits per heavy atom. The van der Waals surface area contributed by atoms with Gasteiger partial charge in [0.25, 0.3) is 0 Å². The van der Waals surface area contributed by atoms with E-state index >= 15 is 0 Å².